The van der Waals surface area contributed by atoms with Crippen LogP contribution in [-0.2, 0) is 17.8 Å². The third kappa shape index (κ3) is 5.33. The second kappa shape index (κ2) is 9.97. The van der Waals surface area contributed by atoms with Gasteiger partial charge in [-0.3, -0.25) is 9.69 Å². The first-order valence-electron chi connectivity index (χ1n) is 10.2. The van der Waals surface area contributed by atoms with E-state index in [2.05, 4.69) is 32.5 Å². The Bertz CT molecular complexity index is 929. The Labute approximate surface area is 179 Å². The van der Waals surface area contributed by atoms with Crippen LogP contribution in [0.25, 0.3) is 11.5 Å². The van der Waals surface area contributed by atoms with Crippen molar-refractivity contribution in [3.8, 4) is 11.5 Å². The summed E-state index contributed by atoms with van der Waals surface area (Å²) in [5.74, 6) is 0.958. The first-order valence-corrected chi connectivity index (χ1v) is 11.2. The number of likely N-dealkylation sites (tertiary alicyclic amines) is 1. The van der Waals surface area contributed by atoms with Crippen molar-refractivity contribution in [2.45, 2.75) is 31.8 Å². The van der Waals surface area contributed by atoms with E-state index < -0.39 is 0 Å². The van der Waals surface area contributed by atoms with Gasteiger partial charge in [-0.2, -0.15) is 11.3 Å². The lowest BCUT2D eigenvalue weighted by atomic mass is 9.91. The topological polar surface area (TPSA) is 91.5 Å². The van der Waals surface area contributed by atoms with Crippen molar-refractivity contribution in [2.24, 2.45) is 5.92 Å². The van der Waals surface area contributed by atoms with E-state index in [1.807, 2.05) is 35.0 Å². The van der Waals surface area contributed by atoms with Gasteiger partial charge in [-0.25, -0.2) is 0 Å². The Morgan fingerprint density at radius 1 is 1.27 bits per heavy atom. The van der Waals surface area contributed by atoms with E-state index >= 15 is 0 Å². The Kier molecular flexibility index (Phi) is 6.88. The van der Waals surface area contributed by atoms with E-state index in [4.69, 9.17) is 4.42 Å². The van der Waals surface area contributed by atoms with E-state index in [0.717, 1.165) is 31.6 Å². The van der Waals surface area contributed by atoms with Gasteiger partial charge in [-0.15, -0.1) is 10.2 Å². The van der Waals surface area contributed by atoms with Crippen LogP contribution in [0.1, 0.15) is 24.3 Å². The fraction of sp³-hybridized carbons (Fsp3) is 0.409. The highest BCUT2D eigenvalue weighted by Crippen LogP contribution is 2.22. The van der Waals surface area contributed by atoms with Gasteiger partial charge in [-0.1, -0.05) is 30.3 Å². The number of thiophene rings is 1. The maximum atomic E-state index is 12.5. The van der Waals surface area contributed by atoms with Crippen LogP contribution in [0.15, 0.2) is 51.6 Å². The molecule has 4 rings (SSSR count). The predicted molar refractivity (Wildman–Crippen MR) is 115 cm³/mol. The number of aryl methyl sites for hydroxylation is 1. The van der Waals surface area contributed by atoms with Crippen molar-refractivity contribution in [1.82, 2.24) is 20.4 Å². The average molecular weight is 427 g/mol. The third-order valence-corrected chi connectivity index (χ3v) is 6.15. The number of benzene rings is 1. The van der Waals surface area contributed by atoms with Gasteiger partial charge in [0.15, 0.2) is 0 Å². The Morgan fingerprint density at radius 2 is 2.13 bits per heavy atom. The fourth-order valence-electron chi connectivity index (χ4n) is 3.79. The highest BCUT2D eigenvalue weighted by atomic mass is 32.1. The SMILES string of the molecule is O=C(CCc1nnc(-c2ccsc2)o1)N[C@H]1CN(Cc2ccccc2)CC[C@@H]1CO. The number of piperidine rings is 1. The van der Waals surface area contributed by atoms with Crippen molar-refractivity contribution < 1.29 is 14.3 Å². The van der Waals surface area contributed by atoms with Crippen LogP contribution in [-0.4, -0.2) is 51.8 Å². The summed E-state index contributed by atoms with van der Waals surface area (Å²) in [6, 6.07) is 12.2. The number of aliphatic hydroxyl groups is 1. The van der Waals surface area contributed by atoms with Gasteiger partial charge in [0, 0.05) is 55.4 Å². The largest absolute Gasteiger partial charge is 0.421 e. The van der Waals surface area contributed by atoms with Crippen molar-refractivity contribution in [2.75, 3.05) is 19.7 Å². The van der Waals surface area contributed by atoms with E-state index in [9.17, 15) is 9.90 Å². The number of hydrogen-bond donors (Lipinski definition) is 2. The molecule has 2 N–H and O–H groups in total. The fourth-order valence-corrected chi connectivity index (χ4v) is 4.42. The molecular formula is C22H26N4O3S. The molecule has 1 amide bonds. The molecule has 0 aliphatic carbocycles. The molecule has 2 aromatic heterocycles. The van der Waals surface area contributed by atoms with Crippen LogP contribution < -0.4 is 5.32 Å². The molecule has 1 fully saturated rings. The van der Waals surface area contributed by atoms with Crippen molar-refractivity contribution >= 4 is 17.2 Å². The summed E-state index contributed by atoms with van der Waals surface area (Å²) in [7, 11) is 0. The van der Waals surface area contributed by atoms with Crippen LogP contribution in [0.3, 0.4) is 0 Å². The van der Waals surface area contributed by atoms with Crippen LogP contribution in [0.2, 0.25) is 0 Å². The lowest BCUT2D eigenvalue weighted by Crippen LogP contribution is -2.53. The van der Waals surface area contributed by atoms with Gasteiger partial charge >= 0.3 is 0 Å². The van der Waals surface area contributed by atoms with Gasteiger partial charge in [0.1, 0.15) is 0 Å². The number of carbonyl (C=O) groups is 1. The lowest BCUT2D eigenvalue weighted by molar-refractivity contribution is -0.122. The molecule has 3 aromatic rings. The highest BCUT2D eigenvalue weighted by molar-refractivity contribution is 7.08. The van der Waals surface area contributed by atoms with Crippen LogP contribution in [0.5, 0.6) is 0 Å². The summed E-state index contributed by atoms with van der Waals surface area (Å²) >= 11 is 1.57. The third-order valence-electron chi connectivity index (χ3n) is 5.47. The summed E-state index contributed by atoms with van der Waals surface area (Å²) in [6.07, 6.45) is 1.54. The minimum absolute atomic E-state index is 0.0599. The molecule has 0 unspecified atom stereocenters. The monoisotopic (exact) mass is 426 g/mol. The van der Waals surface area contributed by atoms with E-state index in [1.165, 1.54) is 5.56 Å². The number of carbonyl (C=O) groups excluding carboxylic acids is 1. The molecule has 2 atom stereocenters. The second-order valence-corrected chi connectivity index (χ2v) is 8.42. The van der Waals surface area contributed by atoms with Crippen LogP contribution in [0, 0.1) is 5.92 Å². The van der Waals surface area contributed by atoms with Gasteiger partial charge in [0.25, 0.3) is 0 Å². The van der Waals surface area contributed by atoms with E-state index in [0.29, 0.717) is 18.2 Å². The summed E-state index contributed by atoms with van der Waals surface area (Å²) in [6.45, 7) is 2.57. The zero-order valence-electron chi connectivity index (χ0n) is 16.7. The number of aromatic nitrogens is 2. The minimum atomic E-state index is -0.0657. The summed E-state index contributed by atoms with van der Waals surface area (Å²) in [4.78, 5) is 14.9. The normalized spacial score (nSPS) is 19.6. The Hall–Kier alpha value is -2.55. The van der Waals surface area contributed by atoms with Gasteiger partial charge in [0.2, 0.25) is 17.7 Å². The molecule has 1 aliphatic heterocycles. The molecule has 0 spiro atoms. The molecule has 1 aliphatic rings. The average Bonchev–Trinajstić information content (AvgIpc) is 3.45. The molecule has 30 heavy (non-hydrogen) atoms. The Balaban J connectivity index is 1.29. The number of nitrogens with one attached hydrogen (secondary N) is 1. The van der Waals surface area contributed by atoms with Crippen molar-refractivity contribution in [3.63, 3.8) is 0 Å². The van der Waals surface area contributed by atoms with E-state index in [-0.39, 0.29) is 30.9 Å². The van der Waals surface area contributed by atoms with Crippen LogP contribution >= 0.6 is 11.3 Å². The first kappa shape index (κ1) is 20.7. The summed E-state index contributed by atoms with van der Waals surface area (Å²) < 4.78 is 5.65. The number of hydrogen-bond acceptors (Lipinski definition) is 7. The van der Waals surface area contributed by atoms with Gasteiger partial charge in [-0.05, 0) is 30.0 Å². The summed E-state index contributed by atoms with van der Waals surface area (Å²) in [5.41, 5.74) is 2.15. The minimum Gasteiger partial charge on any atom is -0.421 e. The Morgan fingerprint density at radius 3 is 2.90 bits per heavy atom. The molecule has 3 heterocycles. The number of rotatable bonds is 8. The molecule has 0 bridgehead atoms. The van der Waals surface area contributed by atoms with Crippen molar-refractivity contribution in [1.29, 1.82) is 0 Å². The van der Waals surface area contributed by atoms with Crippen molar-refractivity contribution in [3.05, 3.63) is 58.6 Å². The quantitative estimate of drug-likeness (QED) is 0.576. The van der Waals surface area contributed by atoms with Gasteiger partial charge < -0.3 is 14.8 Å². The molecule has 1 saturated heterocycles. The first-order chi connectivity index (χ1) is 14.7. The van der Waals surface area contributed by atoms with E-state index in [1.54, 1.807) is 11.3 Å². The molecule has 0 radical (unpaired) electrons. The molecule has 1 aromatic carbocycles. The molecular weight excluding hydrogens is 400 g/mol. The maximum Gasteiger partial charge on any atom is 0.248 e. The molecule has 0 saturated carbocycles. The van der Waals surface area contributed by atoms with Crippen LogP contribution in [0.4, 0.5) is 0 Å². The molecule has 7 nitrogen and oxygen atoms in total. The summed E-state index contributed by atoms with van der Waals surface area (Å²) in [5, 5.41) is 24.8. The number of nitrogens with zero attached hydrogens (tertiary/aromatic N) is 3. The lowest BCUT2D eigenvalue weighted by Gasteiger charge is -2.38. The predicted octanol–water partition coefficient (Wildman–Crippen LogP) is 2.73. The highest BCUT2D eigenvalue weighted by Gasteiger charge is 2.30. The molecule has 158 valence electrons. The smallest absolute Gasteiger partial charge is 0.248 e. The molecule has 8 heteroatoms. The van der Waals surface area contributed by atoms with Gasteiger partial charge in [0.05, 0.1) is 0 Å². The second-order valence-electron chi connectivity index (χ2n) is 7.64. The zero-order chi connectivity index (χ0) is 20.8. The standard InChI is InChI=1S/C22H26N4O3S/c27-14-17-8-10-26(12-16-4-2-1-3-5-16)13-19(17)23-20(28)6-7-21-24-25-22(29-21)18-9-11-30-15-18/h1-5,9,11,15,17,19,27H,6-8,10,12-14H2,(H,23,28)/t17-,19+/m1/s1. The zero-order valence-corrected chi connectivity index (χ0v) is 17.6. The maximum absolute atomic E-state index is 12.5. The number of aliphatic hydroxyl groups excluding tert-OH is 1. The number of amides is 1.